The first kappa shape index (κ1) is 13.6. The molecule has 0 bridgehead atoms. The zero-order valence-electron chi connectivity index (χ0n) is 11.8. The number of aromatic nitrogens is 2. The third-order valence-electron chi connectivity index (χ3n) is 4.01. The lowest BCUT2D eigenvalue weighted by atomic mass is 9.97. The second kappa shape index (κ2) is 5.41. The molecule has 1 saturated heterocycles. The van der Waals surface area contributed by atoms with Crippen molar-refractivity contribution < 1.29 is 5.11 Å². The van der Waals surface area contributed by atoms with E-state index in [0.717, 1.165) is 38.0 Å². The van der Waals surface area contributed by atoms with E-state index in [1.807, 2.05) is 0 Å². The minimum atomic E-state index is -0.581. The fourth-order valence-corrected chi connectivity index (χ4v) is 2.88. The zero-order chi connectivity index (χ0) is 13.2. The van der Waals surface area contributed by atoms with Crippen molar-refractivity contribution in [3.63, 3.8) is 0 Å². The highest BCUT2D eigenvalue weighted by Crippen LogP contribution is 2.24. The van der Waals surface area contributed by atoms with Crippen molar-refractivity contribution in [3.05, 3.63) is 18.0 Å². The van der Waals surface area contributed by atoms with Crippen molar-refractivity contribution in [2.24, 2.45) is 0 Å². The number of aliphatic hydroxyl groups is 1. The maximum absolute atomic E-state index is 10.5. The SMILES string of the molecule is CCC(CC)n1ccc(CC2(O)CCN(C)C2)n1. The van der Waals surface area contributed by atoms with E-state index in [9.17, 15) is 5.11 Å². The van der Waals surface area contributed by atoms with Crippen molar-refractivity contribution in [1.29, 1.82) is 0 Å². The summed E-state index contributed by atoms with van der Waals surface area (Å²) in [4.78, 5) is 2.18. The van der Waals surface area contributed by atoms with Crippen LogP contribution < -0.4 is 0 Å². The number of nitrogens with zero attached hydrogens (tertiary/aromatic N) is 3. The topological polar surface area (TPSA) is 41.3 Å². The Kier molecular flexibility index (Phi) is 4.07. The van der Waals surface area contributed by atoms with Crippen LogP contribution in [0.3, 0.4) is 0 Å². The summed E-state index contributed by atoms with van der Waals surface area (Å²) < 4.78 is 2.05. The molecule has 1 N–H and O–H groups in total. The molecule has 0 spiro atoms. The Morgan fingerprint density at radius 1 is 1.44 bits per heavy atom. The van der Waals surface area contributed by atoms with Gasteiger partial charge in [0.25, 0.3) is 0 Å². The quantitative estimate of drug-likeness (QED) is 0.868. The number of hydrogen-bond donors (Lipinski definition) is 1. The largest absolute Gasteiger partial charge is 0.388 e. The van der Waals surface area contributed by atoms with E-state index < -0.39 is 5.60 Å². The van der Waals surface area contributed by atoms with Gasteiger partial charge in [0.05, 0.1) is 17.3 Å². The summed E-state index contributed by atoms with van der Waals surface area (Å²) in [6.45, 7) is 6.11. The Bertz CT molecular complexity index is 386. The molecule has 1 aromatic heterocycles. The van der Waals surface area contributed by atoms with Crippen LogP contribution in [0.4, 0.5) is 0 Å². The molecule has 0 aliphatic carbocycles. The van der Waals surface area contributed by atoms with Crippen molar-refractivity contribution in [3.8, 4) is 0 Å². The highest BCUT2D eigenvalue weighted by atomic mass is 16.3. The molecule has 18 heavy (non-hydrogen) atoms. The van der Waals surface area contributed by atoms with Gasteiger partial charge in [-0.05, 0) is 32.4 Å². The van der Waals surface area contributed by atoms with Gasteiger partial charge in [-0.2, -0.15) is 5.10 Å². The molecule has 0 aromatic carbocycles. The third-order valence-corrected chi connectivity index (χ3v) is 4.01. The van der Waals surface area contributed by atoms with E-state index in [0.29, 0.717) is 12.5 Å². The summed E-state index contributed by atoms with van der Waals surface area (Å²) in [5, 5.41) is 15.1. The van der Waals surface area contributed by atoms with E-state index in [1.54, 1.807) is 0 Å². The van der Waals surface area contributed by atoms with Crippen LogP contribution in [0.15, 0.2) is 12.3 Å². The standard InChI is InChI=1S/C14H25N3O/c1-4-13(5-2)17-8-6-12(15-17)10-14(18)7-9-16(3)11-14/h6,8,13,18H,4-5,7,9-11H2,1-3H3. The molecule has 0 radical (unpaired) electrons. The van der Waals surface area contributed by atoms with Gasteiger partial charge in [-0.1, -0.05) is 13.8 Å². The summed E-state index contributed by atoms with van der Waals surface area (Å²) in [6, 6.07) is 2.54. The van der Waals surface area contributed by atoms with E-state index in [1.165, 1.54) is 0 Å². The lowest BCUT2D eigenvalue weighted by Crippen LogP contribution is -2.34. The Labute approximate surface area is 110 Å². The van der Waals surface area contributed by atoms with E-state index in [2.05, 4.69) is 47.8 Å². The lowest BCUT2D eigenvalue weighted by Gasteiger charge is -2.21. The van der Waals surface area contributed by atoms with Crippen LogP contribution in [-0.2, 0) is 6.42 Å². The summed E-state index contributed by atoms with van der Waals surface area (Å²) >= 11 is 0. The minimum absolute atomic E-state index is 0.486. The smallest absolute Gasteiger partial charge is 0.0841 e. The monoisotopic (exact) mass is 251 g/mol. The summed E-state index contributed by atoms with van der Waals surface area (Å²) in [5.41, 5.74) is 0.432. The normalized spacial score (nSPS) is 25.2. The van der Waals surface area contributed by atoms with Crippen LogP contribution in [0, 0.1) is 0 Å². The van der Waals surface area contributed by atoms with Crippen molar-refractivity contribution >= 4 is 0 Å². The highest BCUT2D eigenvalue weighted by Gasteiger charge is 2.35. The second-order valence-electron chi connectivity index (χ2n) is 5.65. The molecule has 1 unspecified atom stereocenters. The van der Waals surface area contributed by atoms with Gasteiger partial charge >= 0.3 is 0 Å². The molecule has 2 rings (SSSR count). The molecule has 1 aliphatic heterocycles. The number of likely N-dealkylation sites (N-methyl/N-ethyl adjacent to an activating group) is 1. The number of likely N-dealkylation sites (tertiary alicyclic amines) is 1. The van der Waals surface area contributed by atoms with E-state index >= 15 is 0 Å². The van der Waals surface area contributed by atoms with E-state index in [-0.39, 0.29) is 0 Å². The van der Waals surface area contributed by atoms with Crippen LogP contribution in [0.2, 0.25) is 0 Å². The lowest BCUT2D eigenvalue weighted by molar-refractivity contribution is 0.0512. The zero-order valence-corrected chi connectivity index (χ0v) is 11.8. The molecule has 102 valence electrons. The Morgan fingerprint density at radius 3 is 2.72 bits per heavy atom. The molecule has 0 amide bonds. The average molecular weight is 251 g/mol. The van der Waals surface area contributed by atoms with Crippen LogP contribution in [0.5, 0.6) is 0 Å². The third kappa shape index (κ3) is 2.93. The molecular weight excluding hydrogens is 226 g/mol. The molecule has 1 atom stereocenters. The van der Waals surface area contributed by atoms with Gasteiger partial charge in [-0.25, -0.2) is 0 Å². The predicted molar refractivity (Wildman–Crippen MR) is 72.6 cm³/mol. The van der Waals surface area contributed by atoms with Gasteiger partial charge in [-0.3, -0.25) is 4.68 Å². The maximum atomic E-state index is 10.5. The molecule has 4 nitrogen and oxygen atoms in total. The molecule has 4 heteroatoms. The second-order valence-corrected chi connectivity index (χ2v) is 5.65. The molecule has 1 aliphatic rings. The maximum Gasteiger partial charge on any atom is 0.0841 e. The first-order valence-electron chi connectivity index (χ1n) is 7.01. The summed E-state index contributed by atoms with van der Waals surface area (Å²) in [6.07, 6.45) is 5.77. The van der Waals surface area contributed by atoms with Crippen LogP contribution in [-0.4, -0.2) is 45.5 Å². The van der Waals surface area contributed by atoms with Crippen LogP contribution in [0.25, 0.3) is 0 Å². The van der Waals surface area contributed by atoms with Gasteiger partial charge < -0.3 is 10.0 Å². The van der Waals surface area contributed by atoms with Crippen LogP contribution in [0.1, 0.15) is 44.8 Å². The van der Waals surface area contributed by atoms with Crippen molar-refractivity contribution in [2.75, 3.05) is 20.1 Å². The van der Waals surface area contributed by atoms with Crippen LogP contribution >= 0.6 is 0 Å². The van der Waals surface area contributed by atoms with Gasteiger partial charge in [0.2, 0.25) is 0 Å². The molecular formula is C14H25N3O. The summed E-state index contributed by atoms with van der Waals surface area (Å²) in [5.74, 6) is 0. The first-order chi connectivity index (χ1) is 8.56. The van der Waals surface area contributed by atoms with Gasteiger partial charge in [0.1, 0.15) is 0 Å². The molecule has 0 saturated carbocycles. The molecule has 1 fully saturated rings. The van der Waals surface area contributed by atoms with Gasteiger partial charge in [0.15, 0.2) is 0 Å². The predicted octanol–water partition coefficient (Wildman–Crippen LogP) is 1.85. The average Bonchev–Trinajstić information content (AvgIpc) is 2.89. The fourth-order valence-electron chi connectivity index (χ4n) is 2.88. The first-order valence-corrected chi connectivity index (χ1v) is 7.01. The summed E-state index contributed by atoms with van der Waals surface area (Å²) in [7, 11) is 2.06. The van der Waals surface area contributed by atoms with Gasteiger partial charge in [0, 0.05) is 25.7 Å². The van der Waals surface area contributed by atoms with Crippen molar-refractivity contribution in [2.45, 2.75) is 51.2 Å². The highest BCUT2D eigenvalue weighted by molar-refractivity contribution is 5.07. The van der Waals surface area contributed by atoms with E-state index in [4.69, 9.17) is 0 Å². The number of rotatable bonds is 5. The van der Waals surface area contributed by atoms with Gasteiger partial charge in [-0.15, -0.1) is 0 Å². The minimum Gasteiger partial charge on any atom is -0.388 e. The number of β-amino-alcohol motifs (C(OH)–C–C–N with tert-alkyl or cyclic N) is 1. The Morgan fingerprint density at radius 2 is 2.17 bits per heavy atom. The Balaban J connectivity index is 2.02. The number of hydrogen-bond acceptors (Lipinski definition) is 3. The molecule has 2 heterocycles. The van der Waals surface area contributed by atoms with Crippen molar-refractivity contribution in [1.82, 2.24) is 14.7 Å². The fraction of sp³-hybridized carbons (Fsp3) is 0.786. The Hall–Kier alpha value is -0.870. The molecule has 1 aromatic rings.